The number of benzene rings is 1. The van der Waals surface area contributed by atoms with E-state index in [9.17, 15) is 13.2 Å². The molecule has 2 aromatic rings. The van der Waals surface area contributed by atoms with Crippen LogP contribution in [0.15, 0.2) is 44.0 Å². The van der Waals surface area contributed by atoms with Crippen molar-refractivity contribution in [1.29, 1.82) is 5.26 Å². The highest BCUT2D eigenvalue weighted by molar-refractivity contribution is 7.99. The normalized spacial score (nSPS) is 16.6. The Labute approximate surface area is 167 Å². The second-order valence-corrected chi connectivity index (χ2v) is 9.32. The van der Waals surface area contributed by atoms with Crippen LogP contribution in [-0.4, -0.2) is 42.3 Å². The Morgan fingerprint density at radius 1 is 1.36 bits per heavy atom. The van der Waals surface area contributed by atoms with Crippen LogP contribution in [-0.2, 0) is 14.8 Å². The van der Waals surface area contributed by atoms with Crippen molar-refractivity contribution in [1.82, 2.24) is 9.29 Å². The third kappa shape index (κ3) is 4.22. The van der Waals surface area contributed by atoms with Crippen molar-refractivity contribution in [3.8, 4) is 6.07 Å². The molecule has 0 unspecified atom stereocenters. The van der Waals surface area contributed by atoms with Gasteiger partial charge in [0.05, 0.1) is 10.6 Å². The van der Waals surface area contributed by atoms with Gasteiger partial charge in [-0.1, -0.05) is 18.2 Å². The number of ketones is 1. The highest BCUT2D eigenvalue weighted by atomic mass is 32.2. The summed E-state index contributed by atoms with van der Waals surface area (Å²) in [6.07, 6.45) is 2.77. The number of sulfonamides is 1. The molecule has 0 spiro atoms. The van der Waals surface area contributed by atoms with Crippen molar-refractivity contribution < 1.29 is 17.6 Å². The van der Waals surface area contributed by atoms with E-state index in [-0.39, 0.29) is 27.1 Å². The van der Waals surface area contributed by atoms with Crippen LogP contribution in [0.5, 0.6) is 0 Å². The molecule has 3 rings (SSSR count). The molecule has 2 heterocycles. The summed E-state index contributed by atoms with van der Waals surface area (Å²) in [7, 11) is -3.56. The summed E-state index contributed by atoms with van der Waals surface area (Å²) < 4.78 is 32.7. The quantitative estimate of drug-likeness (QED) is 0.428. The number of hydrogen-bond acceptors (Lipinski definition) is 8. The molecule has 0 radical (unpaired) electrons. The predicted molar refractivity (Wildman–Crippen MR) is 105 cm³/mol. The maximum atomic E-state index is 12.8. The summed E-state index contributed by atoms with van der Waals surface area (Å²) in [5.74, 6) is -0.466. The van der Waals surface area contributed by atoms with E-state index in [1.54, 1.807) is 12.1 Å². The lowest BCUT2D eigenvalue weighted by Crippen LogP contribution is -2.35. The van der Waals surface area contributed by atoms with Crippen molar-refractivity contribution in [3.05, 3.63) is 29.5 Å². The molecule has 1 aliphatic rings. The van der Waals surface area contributed by atoms with Crippen molar-refractivity contribution >= 4 is 38.7 Å². The Hall–Kier alpha value is -2.35. The average Bonchev–Trinajstić information content (AvgIpc) is 3.09. The van der Waals surface area contributed by atoms with Gasteiger partial charge in [-0.2, -0.15) is 9.57 Å². The molecule has 1 aromatic heterocycles. The molecular weight excluding hydrogens is 400 g/mol. The standard InChI is InChI=1S/C18H20N4O4S2/c1-12(20)14(10-19)16(23)11-27-18-21-15-9-13(5-6-17(15)26-18)28(24,25)22-7-3-2-4-8-22/h5-6,9H,2-4,7-8,11,20H2,1H3. The molecule has 28 heavy (non-hydrogen) atoms. The number of hydrogen-bond donors (Lipinski definition) is 1. The number of allylic oxidation sites excluding steroid dienone is 2. The number of nitriles is 1. The maximum Gasteiger partial charge on any atom is 0.257 e. The van der Waals surface area contributed by atoms with Gasteiger partial charge < -0.3 is 10.2 Å². The first kappa shape index (κ1) is 20.4. The van der Waals surface area contributed by atoms with Crippen LogP contribution in [0.2, 0.25) is 0 Å². The summed E-state index contributed by atoms with van der Waals surface area (Å²) >= 11 is 1.03. The van der Waals surface area contributed by atoms with E-state index in [0.29, 0.717) is 24.2 Å². The van der Waals surface area contributed by atoms with Crippen LogP contribution in [0.3, 0.4) is 0 Å². The third-order valence-electron chi connectivity index (χ3n) is 4.40. The monoisotopic (exact) mass is 420 g/mol. The fourth-order valence-electron chi connectivity index (χ4n) is 2.93. The first-order chi connectivity index (χ1) is 13.3. The number of aromatic nitrogens is 1. The summed E-state index contributed by atoms with van der Waals surface area (Å²) in [5.41, 5.74) is 6.44. The lowest BCUT2D eigenvalue weighted by Gasteiger charge is -2.25. The van der Waals surface area contributed by atoms with Crippen LogP contribution in [0.1, 0.15) is 26.2 Å². The molecule has 1 saturated heterocycles. The average molecular weight is 421 g/mol. The predicted octanol–water partition coefficient (Wildman–Crippen LogP) is 2.42. The van der Waals surface area contributed by atoms with Gasteiger partial charge in [0.2, 0.25) is 10.0 Å². The summed E-state index contributed by atoms with van der Waals surface area (Å²) in [6.45, 7) is 2.54. The number of piperidine rings is 1. The lowest BCUT2D eigenvalue weighted by atomic mass is 10.2. The summed E-state index contributed by atoms with van der Waals surface area (Å²) in [5, 5.41) is 9.20. The van der Waals surface area contributed by atoms with Crippen LogP contribution in [0.4, 0.5) is 0 Å². The number of carbonyl (C=O) groups is 1. The number of carbonyl (C=O) groups excluding carboxylic acids is 1. The van der Waals surface area contributed by atoms with Gasteiger partial charge >= 0.3 is 0 Å². The minimum Gasteiger partial charge on any atom is -0.431 e. The Kier molecular flexibility index (Phi) is 6.07. The van der Waals surface area contributed by atoms with E-state index in [1.165, 1.54) is 23.4 Å². The number of oxazole rings is 1. The Balaban J connectivity index is 1.79. The summed E-state index contributed by atoms with van der Waals surface area (Å²) in [4.78, 5) is 16.5. The van der Waals surface area contributed by atoms with Gasteiger partial charge in [-0.05, 0) is 38.0 Å². The molecule has 0 saturated carbocycles. The molecule has 8 nitrogen and oxygen atoms in total. The number of rotatable bonds is 6. The van der Waals surface area contributed by atoms with E-state index >= 15 is 0 Å². The maximum absolute atomic E-state index is 12.8. The molecule has 2 N–H and O–H groups in total. The number of thioether (sulfide) groups is 1. The zero-order chi connectivity index (χ0) is 20.3. The van der Waals surface area contributed by atoms with E-state index in [1.807, 2.05) is 0 Å². The molecule has 10 heteroatoms. The van der Waals surface area contributed by atoms with Gasteiger partial charge in [0, 0.05) is 18.8 Å². The fraction of sp³-hybridized carbons (Fsp3) is 0.389. The zero-order valence-electron chi connectivity index (χ0n) is 15.3. The van der Waals surface area contributed by atoms with Gasteiger partial charge in [-0.25, -0.2) is 13.4 Å². The van der Waals surface area contributed by atoms with Crippen LogP contribution >= 0.6 is 11.8 Å². The van der Waals surface area contributed by atoms with E-state index < -0.39 is 15.8 Å². The zero-order valence-corrected chi connectivity index (χ0v) is 17.0. The minimum atomic E-state index is -3.56. The van der Waals surface area contributed by atoms with E-state index in [0.717, 1.165) is 31.0 Å². The van der Waals surface area contributed by atoms with Crippen molar-refractivity contribution in [2.75, 3.05) is 18.8 Å². The minimum absolute atomic E-state index is 0.0524. The Morgan fingerprint density at radius 3 is 2.71 bits per heavy atom. The van der Waals surface area contributed by atoms with Crippen molar-refractivity contribution in [2.45, 2.75) is 36.3 Å². The molecule has 0 amide bonds. The number of fused-ring (bicyclic) bond motifs is 1. The Bertz CT molecular complexity index is 1070. The van der Waals surface area contributed by atoms with Gasteiger partial charge in [0.1, 0.15) is 17.2 Å². The number of nitrogens with zero attached hydrogens (tertiary/aromatic N) is 3. The van der Waals surface area contributed by atoms with Gasteiger partial charge in [0.15, 0.2) is 11.4 Å². The first-order valence-corrected chi connectivity index (χ1v) is 11.2. The first-order valence-electron chi connectivity index (χ1n) is 8.76. The largest absolute Gasteiger partial charge is 0.431 e. The number of nitrogens with two attached hydrogens (primary N) is 1. The molecule has 148 valence electrons. The second-order valence-electron chi connectivity index (χ2n) is 6.46. The van der Waals surface area contributed by atoms with Gasteiger partial charge in [0.25, 0.3) is 5.22 Å². The highest BCUT2D eigenvalue weighted by Crippen LogP contribution is 2.28. The number of Topliss-reactive ketones (excluding diaryl/α,β-unsaturated/α-hetero) is 1. The molecule has 1 fully saturated rings. The second kappa shape index (κ2) is 8.34. The van der Waals surface area contributed by atoms with E-state index in [2.05, 4.69) is 4.98 Å². The van der Waals surface area contributed by atoms with Crippen LogP contribution in [0, 0.1) is 11.3 Å². The van der Waals surface area contributed by atoms with Crippen LogP contribution < -0.4 is 5.73 Å². The molecular formula is C18H20N4O4S2. The third-order valence-corrected chi connectivity index (χ3v) is 7.13. The smallest absolute Gasteiger partial charge is 0.257 e. The summed E-state index contributed by atoms with van der Waals surface area (Å²) in [6, 6.07) is 6.34. The molecule has 0 bridgehead atoms. The van der Waals surface area contributed by atoms with Crippen molar-refractivity contribution in [2.24, 2.45) is 5.73 Å². The Morgan fingerprint density at radius 2 is 2.07 bits per heavy atom. The lowest BCUT2D eigenvalue weighted by molar-refractivity contribution is -0.112. The van der Waals surface area contributed by atoms with Crippen molar-refractivity contribution in [3.63, 3.8) is 0 Å². The van der Waals surface area contributed by atoms with Crippen LogP contribution in [0.25, 0.3) is 11.1 Å². The van der Waals surface area contributed by atoms with Gasteiger partial charge in [-0.15, -0.1) is 0 Å². The SMILES string of the molecule is CC(N)=C(C#N)C(=O)CSc1nc2cc(S(=O)(=O)N3CCCCC3)ccc2o1. The topological polar surface area (TPSA) is 130 Å². The van der Waals surface area contributed by atoms with Gasteiger partial charge in [-0.3, -0.25) is 4.79 Å². The highest BCUT2D eigenvalue weighted by Gasteiger charge is 2.26. The molecule has 1 aliphatic heterocycles. The van der Waals surface area contributed by atoms with E-state index in [4.69, 9.17) is 15.4 Å². The molecule has 0 aliphatic carbocycles. The molecule has 0 atom stereocenters. The fourth-order valence-corrected chi connectivity index (χ4v) is 5.18. The molecule has 1 aromatic carbocycles.